The van der Waals surface area contributed by atoms with E-state index >= 15 is 0 Å². The molecule has 2 aromatic carbocycles. The Balaban J connectivity index is 1.49. The van der Waals surface area contributed by atoms with Crippen molar-refractivity contribution >= 4 is 15.9 Å². The molecule has 0 saturated carbocycles. The zero-order valence-corrected chi connectivity index (χ0v) is 21.0. The van der Waals surface area contributed by atoms with Gasteiger partial charge in [0.05, 0.1) is 10.6 Å². The maximum Gasteiger partial charge on any atom is 0.330 e. The summed E-state index contributed by atoms with van der Waals surface area (Å²) >= 11 is 0. The molecule has 0 aliphatic carbocycles. The van der Waals surface area contributed by atoms with Crippen molar-refractivity contribution in [3.8, 4) is 5.69 Å². The topological polar surface area (TPSA) is 95.5 Å². The number of hydrogen-bond donors (Lipinski definition) is 1. The Hall–Kier alpha value is -3.17. The first-order valence-corrected chi connectivity index (χ1v) is 12.7. The highest BCUT2D eigenvalue weighted by atomic mass is 32.2. The lowest BCUT2D eigenvalue weighted by molar-refractivity contribution is 0.0698. The molecule has 1 saturated heterocycles. The van der Waals surface area contributed by atoms with Crippen LogP contribution in [0.3, 0.4) is 0 Å². The summed E-state index contributed by atoms with van der Waals surface area (Å²) in [6.45, 7) is 10.5. The second-order valence-corrected chi connectivity index (χ2v) is 10.8. The molecule has 9 heteroatoms. The molecule has 0 atom stereocenters. The Morgan fingerprint density at radius 3 is 1.94 bits per heavy atom. The summed E-state index contributed by atoms with van der Waals surface area (Å²) in [5, 5.41) is 0. The predicted molar refractivity (Wildman–Crippen MR) is 131 cm³/mol. The number of nitrogens with one attached hydrogen (secondary N) is 1. The molecule has 0 unspecified atom stereocenters. The van der Waals surface area contributed by atoms with Crippen molar-refractivity contribution in [2.24, 2.45) is 0 Å². The summed E-state index contributed by atoms with van der Waals surface area (Å²) in [4.78, 5) is 29.7. The summed E-state index contributed by atoms with van der Waals surface area (Å²) in [5.74, 6) is -0.152. The van der Waals surface area contributed by atoms with Crippen LogP contribution >= 0.6 is 0 Å². The van der Waals surface area contributed by atoms with Crippen LogP contribution in [0.5, 0.6) is 0 Å². The lowest BCUT2D eigenvalue weighted by atomic mass is 10.0. The third kappa shape index (κ3) is 4.10. The highest BCUT2D eigenvalue weighted by Crippen LogP contribution is 2.29. The smallest absolute Gasteiger partial charge is 0.330 e. The zero-order chi connectivity index (χ0) is 24.8. The van der Waals surface area contributed by atoms with Gasteiger partial charge in [-0.15, -0.1) is 0 Å². The fourth-order valence-electron chi connectivity index (χ4n) is 4.54. The Morgan fingerprint density at radius 1 is 0.882 bits per heavy atom. The third-order valence-corrected chi connectivity index (χ3v) is 8.93. The Labute approximate surface area is 199 Å². The molecule has 180 valence electrons. The maximum absolute atomic E-state index is 13.5. The monoisotopic (exact) mass is 482 g/mol. The number of piperazine rings is 1. The average molecular weight is 483 g/mol. The molecular weight excluding hydrogens is 452 g/mol. The van der Waals surface area contributed by atoms with E-state index in [-0.39, 0.29) is 24.7 Å². The highest BCUT2D eigenvalue weighted by molar-refractivity contribution is 7.89. The molecule has 4 rings (SSSR count). The number of carbonyl (C=O) groups excluding carboxylic acids is 1. The van der Waals surface area contributed by atoms with Gasteiger partial charge in [-0.25, -0.2) is 13.2 Å². The molecule has 1 fully saturated rings. The first-order chi connectivity index (χ1) is 16.0. The number of sulfonamides is 1. The number of aryl methyl sites for hydroxylation is 3. The van der Waals surface area contributed by atoms with Crippen molar-refractivity contribution < 1.29 is 13.2 Å². The third-order valence-electron chi connectivity index (χ3n) is 6.75. The number of aromatic amines is 1. The van der Waals surface area contributed by atoms with Crippen LogP contribution < -0.4 is 5.69 Å². The van der Waals surface area contributed by atoms with Gasteiger partial charge in [-0.1, -0.05) is 6.07 Å². The van der Waals surface area contributed by atoms with E-state index in [2.05, 4.69) is 4.98 Å². The molecule has 0 spiro atoms. The van der Waals surface area contributed by atoms with Crippen molar-refractivity contribution in [3.63, 3.8) is 0 Å². The van der Waals surface area contributed by atoms with Gasteiger partial charge in [0.25, 0.3) is 5.91 Å². The second-order valence-electron chi connectivity index (χ2n) is 8.90. The van der Waals surface area contributed by atoms with E-state index in [1.165, 1.54) is 8.87 Å². The van der Waals surface area contributed by atoms with Crippen LogP contribution in [0.4, 0.5) is 0 Å². The molecule has 0 bridgehead atoms. The molecule has 1 aromatic heterocycles. The maximum atomic E-state index is 13.5. The Morgan fingerprint density at radius 2 is 1.44 bits per heavy atom. The number of benzene rings is 2. The SMILES string of the molecule is Cc1cc(C)c(C)c(S(=O)(=O)N2CCN(C(=O)c3ccc(-n4c(C)c[nH]c4=O)cc3)CC2)c1C. The van der Waals surface area contributed by atoms with Gasteiger partial charge in [0.15, 0.2) is 0 Å². The molecule has 1 N–H and O–H groups in total. The molecule has 8 nitrogen and oxygen atoms in total. The van der Waals surface area contributed by atoms with E-state index in [1.54, 1.807) is 35.4 Å². The number of nitrogens with zero attached hydrogens (tertiary/aromatic N) is 3. The van der Waals surface area contributed by atoms with Crippen LogP contribution in [-0.4, -0.2) is 59.3 Å². The lowest BCUT2D eigenvalue weighted by Crippen LogP contribution is -2.50. The quantitative estimate of drug-likeness (QED) is 0.619. The molecule has 0 radical (unpaired) electrons. The minimum atomic E-state index is -3.66. The van der Waals surface area contributed by atoms with Crippen LogP contribution in [0.15, 0.2) is 46.2 Å². The molecule has 34 heavy (non-hydrogen) atoms. The van der Waals surface area contributed by atoms with Crippen molar-refractivity contribution in [2.45, 2.75) is 39.5 Å². The van der Waals surface area contributed by atoms with E-state index in [0.29, 0.717) is 29.2 Å². The summed E-state index contributed by atoms with van der Waals surface area (Å²) in [6.07, 6.45) is 1.63. The molecule has 1 aliphatic rings. The van der Waals surface area contributed by atoms with E-state index in [0.717, 1.165) is 27.9 Å². The summed E-state index contributed by atoms with van der Waals surface area (Å²) < 4.78 is 30.0. The first-order valence-electron chi connectivity index (χ1n) is 11.3. The van der Waals surface area contributed by atoms with E-state index < -0.39 is 10.0 Å². The van der Waals surface area contributed by atoms with Crippen LogP contribution in [0.25, 0.3) is 5.69 Å². The minimum Gasteiger partial charge on any atom is -0.336 e. The van der Waals surface area contributed by atoms with Gasteiger partial charge in [0, 0.05) is 43.6 Å². The Bertz CT molecular complexity index is 1380. The number of rotatable bonds is 4. The number of hydrogen-bond acceptors (Lipinski definition) is 4. The normalized spacial score (nSPS) is 15.0. The van der Waals surface area contributed by atoms with E-state index in [9.17, 15) is 18.0 Å². The molecular formula is C25H30N4O4S. The van der Waals surface area contributed by atoms with Crippen molar-refractivity contribution in [2.75, 3.05) is 26.2 Å². The minimum absolute atomic E-state index is 0.152. The predicted octanol–water partition coefficient (Wildman–Crippen LogP) is 2.85. The molecule has 1 amide bonds. The van der Waals surface area contributed by atoms with E-state index in [4.69, 9.17) is 0 Å². The summed E-state index contributed by atoms with van der Waals surface area (Å²) in [6, 6.07) is 8.88. The van der Waals surface area contributed by atoms with Crippen LogP contribution in [0, 0.1) is 34.6 Å². The zero-order valence-electron chi connectivity index (χ0n) is 20.2. The van der Waals surface area contributed by atoms with E-state index in [1.807, 2.05) is 40.7 Å². The molecule has 2 heterocycles. The number of H-pyrrole nitrogens is 1. The van der Waals surface area contributed by atoms with Gasteiger partial charge < -0.3 is 9.88 Å². The number of imidazole rings is 1. The molecule has 3 aromatic rings. The van der Waals surface area contributed by atoms with Gasteiger partial charge in [-0.05, 0) is 81.1 Å². The fourth-order valence-corrected chi connectivity index (χ4v) is 6.54. The van der Waals surface area contributed by atoms with Crippen LogP contribution in [-0.2, 0) is 10.0 Å². The standard InChI is InChI=1S/C25H30N4O4S/c1-16-14-17(2)20(5)23(19(16)4)34(32,33)28-12-10-27(11-13-28)24(30)21-6-8-22(9-7-21)29-18(3)15-26-25(29)31/h6-9,14-15H,10-13H2,1-5H3,(H,26,31). The largest absolute Gasteiger partial charge is 0.336 e. The van der Waals surface area contributed by atoms with Crippen molar-refractivity contribution in [1.29, 1.82) is 0 Å². The number of aromatic nitrogens is 2. The van der Waals surface area contributed by atoms with Gasteiger partial charge in [0.2, 0.25) is 10.0 Å². The Kier molecular flexibility index (Phi) is 6.26. The van der Waals surface area contributed by atoms with Crippen molar-refractivity contribution in [3.05, 3.63) is 80.5 Å². The first kappa shape index (κ1) is 24.0. The van der Waals surface area contributed by atoms with Crippen LogP contribution in [0.1, 0.15) is 38.3 Å². The molecule has 1 aliphatic heterocycles. The highest BCUT2D eigenvalue weighted by Gasteiger charge is 2.33. The summed E-state index contributed by atoms with van der Waals surface area (Å²) in [5.41, 5.74) is 5.18. The van der Waals surface area contributed by atoms with Crippen molar-refractivity contribution in [1.82, 2.24) is 18.8 Å². The number of carbonyl (C=O) groups is 1. The second kappa shape index (κ2) is 8.88. The lowest BCUT2D eigenvalue weighted by Gasteiger charge is -2.35. The van der Waals surface area contributed by atoms with Crippen LogP contribution in [0.2, 0.25) is 0 Å². The fraction of sp³-hybridized carbons (Fsp3) is 0.360. The average Bonchev–Trinajstić information content (AvgIpc) is 3.15. The van der Waals surface area contributed by atoms with Gasteiger partial charge in [-0.2, -0.15) is 4.31 Å². The van der Waals surface area contributed by atoms with Gasteiger partial charge >= 0.3 is 5.69 Å². The summed E-state index contributed by atoms with van der Waals surface area (Å²) in [7, 11) is -3.66. The van der Waals surface area contributed by atoms with Gasteiger partial charge in [-0.3, -0.25) is 9.36 Å². The van der Waals surface area contributed by atoms with Gasteiger partial charge in [0.1, 0.15) is 0 Å². The number of amides is 1.